The van der Waals surface area contributed by atoms with Gasteiger partial charge in [0.25, 0.3) is 0 Å². The number of hydrogen-bond donors (Lipinski definition) is 4. The SMILES string of the molecule is CC(C)C1CC(N)C1.CC(C)C1CCC1.CC(C)C1CCCC1.CC(C)C1CCCCC1.CC(C)C1CCCNC1.CC(C)C1CC[N+](C)(C)CC1.CC(C)C1CNC(C)(C)C1.CC(C)N1CCNCC1.CC(C)c1cc[n+](C)n1C.CC1CCC(C(C)C)CC1.CCCC[n+]1ccc(C(C)C)n1C. The molecule has 10 nitrogen and oxygen atoms in total. The number of nitrogens with one attached hydrogen (secondary N) is 3. The first-order valence-corrected chi connectivity index (χ1v) is 45.3. The lowest BCUT2D eigenvalue weighted by Crippen LogP contribution is -2.46. The van der Waals surface area contributed by atoms with Gasteiger partial charge in [0.2, 0.25) is 0 Å². The molecule has 0 bridgehead atoms. The van der Waals surface area contributed by atoms with Crippen molar-refractivity contribution >= 4 is 0 Å². The van der Waals surface area contributed by atoms with E-state index in [1.807, 2.05) is 7.05 Å². The van der Waals surface area contributed by atoms with Gasteiger partial charge in [-0.05, 0) is 218 Å². The molecule has 2 aromatic rings. The molecule has 2 aromatic heterocycles. The highest BCUT2D eigenvalue weighted by Crippen LogP contribution is 2.36. The van der Waals surface area contributed by atoms with Crippen LogP contribution in [0.1, 0.15) is 364 Å². The number of likely N-dealkylation sites (tertiary alicyclic amines) is 1. The van der Waals surface area contributed by atoms with Gasteiger partial charge in [0.1, 0.15) is 0 Å². The minimum Gasteiger partial charge on any atom is -0.328 e. The van der Waals surface area contributed by atoms with Crippen LogP contribution in [-0.4, -0.2) is 109 Å². The lowest BCUT2D eigenvalue weighted by atomic mass is 9.74. The smallest absolute Gasteiger partial charge is 0.195 e. The summed E-state index contributed by atoms with van der Waals surface area (Å²) in [6.07, 6.45) is 40.2. The molecule has 2 unspecified atom stereocenters. The van der Waals surface area contributed by atoms with Gasteiger partial charge in [0.15, 0.2) is 26.0 Å². The molecule has 616 valence electrons. The molecule has 0 spiro atoms. The van der Waals surface area contributed by atoms with E-state index in [0.29, 0.717) is 23.4 Å². The molecule has 5 N–H and O–H groups in total. The van der Waals surface area contributed by atoms with Crippen molar-refractivity contribution in [2.75, 3.05) is 73.0 Å². The molecule has 4 saturated heterocycles. The summed E-state index contributed by atoms with van der Waals surface area (Å²) in [7, 11) is 11.0. The van der Waals surface area contributed by atoms with Crippen LogP contribution < -0.4 is 31.0 Å². The van der Waals surface area contributed by atoms with E-state index in [1.54, 1.807) is 0 Å². The molecule has 0 amide bonds. The van der Waals surface area contributed by atoms with Gasteiger partial charge < -0.3 is 26.2 Å². The summed E-state index contributed by atoms with van der Waals surface area (Å²) in [5, 5.41) is 10.3. The van der Waals surface area contributed by atoms with E-state index in [2.05, 4.69) is 272 Å². The molecule has 104 heavy (non-hydrogen) atoms. The normalized spacial score (nSPS) is 24.2. The fourth-order valence-electron chi connectivity index (χ4n) is 16.8. The summed E-state index contributed by atoms with van der Waals surface area (Å²) in [4.78, 5) is 2.50. The molecule has 9 fully saturated rings. The fourth-order valence-corrected chi connectivity index (χ4v) is 16.8. The summed E-state index contributed by atoms with van der Waals surface area (Å²) >= 11 is 0. The Balaban J connectivity index is 0.000000574. The number of hydrogen-bond acceptors (Lipinski definition) is 5. The van der Waals surface area contributed by atoms with Gasteiger partial charge >= 0.3 is 0 Å². The van der Waals surface area contributed by atoms with Gasteiger partial charge in [-0.3, -0.25) is 4.90 Å². The number of piperidine rings is 2. The number of nitrogens with zero attached hydrogens (tertiary/aromatic N) is 6. The van der Waals surface area contributed by atoms with Crippen LogP contribution in [-0.2, 0) is 27.7 Å². The lowest BCUT2D eigenvalue weighted by molar-refractivity contribution is -0.896. The molecule has 9 aliphatic rings. The van der Waals surface area contributed by atoms with E-state index in [4.69, 9.17) is 5.73 Å². The van der Waals surface area contributed by atoms with Crippen LogP contribution in [0.3, 0.4) is 0 Å². The number of rotatable bonds is 14. The highest BCUT2D eigenvalue weighted by atomic mass is 15.4. The fraction of sp³-hybridized carbons (Fsp3) is 0.936. The van der Waals surface area contributed by atoms with E-state index in [0.717, 1.165) is 126 Å². The van der Waals surface area contributed by atoms with Crippen molar-refractivity contribution in [2.45, 2.75) is 377 Å². The Labute approximate surface area is 653 Å². The van der Waals surface area contributed by atoms with Gasteiger partial charge in [0, 0.05) is 62.4 Å². The predicted molar refractivity (Wildman–Crippen MR) is 462 cm³/mol. The molecule has 0 aromatic carbocycles. The molecule has 2 atom stereocenters. The minimum absolute atomic E-state index is 0.398. The Morgan fingerprint density at radius 2 is 0.875 bits per heavy atom. The molecule has 5 saturated carbocycles. The Morgan fingerprint density at radius 1 is 0.471 bits per heavy atom. The van der Waals surface area contributed by atoms with E-state index in [-0.39, 0.29) is 0 Å². The van der Waals surface area contributed by atoms with Crippen molar-refractivity contribution in [2.24, 2.45) is 127 Å². The van der Waals surface area contributed by atoms with Crippen molar-refractivity contribution in [3.8, 4) is 0 Å². The maximum atomic E-state index is 5.61. The van der Waals surface area contributed by atoms with Crippen molar-refractivity contribution in [3.63, 3.8) is 0 Å². The zero-order valence-corrected chi connectivity index (χ0v) is 76.4. The number of piperazine rings is 1. The average molecular weight is 1460 g/mol. The molecule has 4 aliphatic heterocycles. The second-order valence-electron chi connectivity index (χ2n) is 40.0. The Hall–Kier alpha value is -1.82. The first kappa shape index (κ1) is 100. The van der Waals surface area contributed by atoms with Crippen LogP contribution in [0.4, 0.5) is 0 Å². The van der Waals surface area contributed by atoms with Crippen LogP contribution in [0.5, 0.6) is 0 Å². The summed E-state index contributed by atoms with van der Waals surface area (Å²) < 4.78 is 10.0. The largest absolute Gasteiger partial charge is 0.328 e. The van der Waals surface area contributed by atoms with Crippen molar-refractivity contribution < 1.29 is 13.8 Å². The van der Waals surface area contributed by atoms with Crippen molar-refractivity contribution in [1.82, 2.24) is 30.2 Å². The molecule has 6 heterocycles. The van der Waals surface area contributed by atoms with E-state index < -0.39 is 0 Å². The Bertz CT molecular complexity index is 2230. The van der Waals surface area contributed by atoms with Gasteiger partial charge in [-0.25, -0.2) is 0 Å². The molecule has 10 heteroatoms. The first-order valence-electron chi connectivity index (χ1n) is 45.3. The number of quaternary nitrogens is 1. The second kappa shape index (κ2) is 54.8. The van der Waals surface area contributed by atoms with E-state index in [1.165, 1.54) is 222 Å². The topological polar surface area (TPSA) is 83.0 Å². The van der Waals surface area contributed by atoms with Crippen molar-refractivity contribution in [3.05, 3.63) is 35.9 Å². The third kappa shape index (κ3) is 43.7. The summed E-state index contributed by atoms with van der Waals surface area (Å²) in [5.41, 5.74) is 8.79. The van der Waals surface area contributed by atoms with Gasteiger partial charge in [-0.15, -0.1) is 9.36 Å². The zero-order valence-electron chi connectivity index (χ0n) is 76.4. The zero-order chi connectivity index (χ0) is 78.9. The molecular weight excluding hydrogens is 1270 g/mol. The minimum atomic E-state index is 0.398. The van der Waals surface area contributed by atoms with E-state index >= 15 is 0 Å². The summed E-state index contributed by atoms with van der Waals surface area (Å²) in [6.45, 7) is 72.2. The molecule has 0 radical (unpaired) electrons. The maximum Gasteiger partial charge on any atom is 0.195 e. The third-order valence-corrected chi connectivity index (χ3v) is 26.5. The van der Waals surface area contributed by atoms with Crippen molar-refractivity contribution in [1.29, 1.82) is 0 Å². The number of unbranched alkanes of at least 4 members (excludes halogenated alkanes) is 1. The number of nitrogens with two attached hydrogens (primary N) is 1. The maximum absolute atomic E-state index is 5.61. The average Bonchev–Trinajstić information content (AvgIpc) is 1.68. The molecule has 5 aliphatic carbocycles. The highest BCUT2D eigenvalue weighted by Gasteiger charge is 2.32. The van der Waals surface area contributed by atoms with Crippen LogP contribution in [0.25, 0.3) is 0 Å². The standard InChI is InChI=1S/C11H21N2.C10H22N.C10H20.C9H19N.C9H18.C8H15N2.C8H17N.C8H16.C7H16N2.C7H15N.C7H14/c1-5-6-8-13-9-7-11(10(2)3)12(13)4;1-9(2)10-5-7-11(3,4)8-6-10;1-8(2)10-6-4-9(3)5-7-10;1-7(2)8-5-9(3,4)10-6-8;1-8(2)9-6-4-3-5-7-9;1-7(2)8-5-6-9(3)10(8)4;1-7(2)8-4-3-5-9-6-8;1-7(2)8-5-3-4-6-8;1-7(2)9-5-3-8-4-6-9;1-5(2)6-3-7(8)4-6;1-6(2)7-4-3-5-7/h7,9-10H,5-6,8H2,1-4H3;9-10H,5-8H2,1-4H3;8-10H,4-7H2,1-3H3;7-8,10H,5-6H2,1-4H3;8-9H,3-7H2,1-2H3;5-7H,1-4H3;7-9H,3-6H2,1-2H3;7-8H,3-6H2,1-2H3;7-8H,3-6H2,1-2H3;5-7H,3-4,8H2,1-2H3;6-7H,3-5H2,1-2H3/q2*+1;;;;+1;;;;;. The van der Waals surface area contributed by atoms with Gasteiger partial charge in [-0.2, -0.15) is 9.36 Å². The molecule has 11 rings (SSSR count). The van der Waals surface area contributed by atoms with Crippen LogP contribution in [0, 0.1) is 101 Å². The Morgan fingerprint density at radius 3 is 1.15 bits per heavy atom. The highest BCUT2D eigenvalue weighted by molar-refractivity contribution is 5.02. The lowest BCUT2D eigenvalue weighted by Gasteiger charge is -2.38. The quantitative estimate of drug-likeness (QED) is 0.112. The van der Waals surface area contributed by atoms with Crippen LogP contribution >= 0.6 is 0 Å². The number of aromatic nitrogens is 4. The second-order valence-corrected chi connectivity index (χ2v) is 40.0. The van der Waals surface area contributed by atoms with Crippen LogP contribution in [0.2, 0.25) is 0 Å². The third-order valence-electron chi connectivity index (χ3n) is 26.5. The predicted octanol–water partition coefficient (Wildman–Crippen LogP) is 22.7. The molecular formula is C94H193N10+3. The van der Waals surface area contributed by atoms with E-state index in [9.17, 15) is 0 Å². The summed E-state index contributed by atoms with van der Waals surface area (Å²) in [5.74, 6) is 17.5. The summed E-state index contributed by atoms with van der Waals surface area (Å²) in [6, 6.07) is 5.64. The van der Waals surface area contributed by atoms with Crippen LogP contribution in [0.15, 0.2) is 24.5 Å². The number of aryl methyl sites for hydroxylation is 2. The monoisotopic (exact) mass is 1460 g/mol. The van der Waals surface area contributed by atoms with Gasteiger partial charge in [0.05, 0.1) is 52.7 Å². The van der Waals surface area contributed by atoms with Gasteiger partial charge in [-0.1, -0.05) is 249 Å². The first-order chi connectivity index (χ1) is 48.7. The Kier molecular flexibility index (Phi) is 52.7.